The number of aromatic hydroxyl groups is 1. The van der Waals surface area contributed by atoms with Gasteiger partial charge in [-0.2, -0.15) is 0 Å². The Labute approximate surface area is 201 Å². The first kappa shape index (κ1) is 21.7. The van der Waals surface area contributed by atoms with Crippen LogP contribution >= 0.6 is 11.3 Å². The summed E-state index contributed by atoms with van der Waals surface area (Å²) in [6.07, 6.45) is 4.36. The number of thiophene rings is 1. The number of benzene rings is 2. The molecule has 0 unspecified atom stereocenters. The van der Waals surface area contributed by atoms with Crippen LogP contribution in [0.15, 0.2) is 84.5 Å². The highest BCUT2D eigenvalue weighted by Crippen LogP contribution is 2.38. The summed E-state index contributed by atoms with van der Waals surface area (Å²) < 4.78 is 0. The fraction of sp³-hybridized carbons (Fsp3) is 0.111. The predicted octanol–water partition coefficient (Wildman–Crippen LogP) is 5.71. The van der Waals surface area contributed by atoms with E-state index in [1.54, 1.807) is 23.7 Å². The second-order valence-electron chi connectivity index (χ2n) is 7.99. The zero-order valence-corrected chi connectivity index (χ0v) is 19.2. The Morgan fingerprint density at radius 2 is 1.88 bits per heavy atom. The van der Waals surface area contributed by atoms with Crippen LogP contribution in [0.2, 0.25) is 0 Å². The van der Waals surface area contributed by atoms with Crippen molar-refractivity contribution in [3.8, 4) is 28.1 Å². The molecule has 0 fully saturated rings. The first-order valence-corrected chi connectivity index (χ1v) is 11.9. The fourth-order valence-electron chi connectivity index (χ4n) is 3.96. The molecule has 2 aromatic carbocycles. The number of hydrogen-bond acceptors (Lipinski definition) is 4. The van der Waals surface area contributed by atoms with Gasteiger partial charge in [0.25, 0.3) is 0 Å². The number of para-hydroxylation sites is 1. The molecule has 3 heterocycles. The van der Waals surface area contributed by atoms with Gasteiger partial charge in [0.1, 0.15) is 5.75 Å². The lowest BCUT2D eigenvalue weighted by Gasteiger charge is -2.11. The highest BCUT2D eigenvalue weighted by Gasteiger charge is 2.13. The van der Waals surface area contributed by atoms with E-state index in [9.17, 15) is 9.90 Å². The minimum atomic E-state index is -0.194. The van der Waals surface area contributed by atoms with Crippen molar-refractivity contribution in [1.82, 2.24) is 20.6 Å². The van der Waals surface area contributed by atoms with Crippen molar-refractivity contribution < 1.29 is 9.90 Å². The van der Waals surface area contributed by atoms with Crippen LogP contribution in [-0.4, -0.2) is 27.7 Å². The predicted molar refractivity (Wildman–Crippen MR) is 137 cm³/mol. The van der Waals surface area contributed by atoms with Gasteiger partial charge in [0.15, 0.2) is 0 Å². The topological polar surface area (TPSA) is 90.0 Å². The van der Waals surface area contributed by atoms with Gasteiger partial charge in [0.2, 0.25) is 0 Å². The molecule has 0 spiro atoms. The minimum absolute atomic E-state index is 0.194. The molecule has 0 aliphatic carbocycles. The Kier molecular flexibility index (Phi) is 6.27. The molecule has 6 nitrogen and oxygen atoms in total. The Bertz CT molecular complexity index is 1390. The maximum absolute atomic E-state index is 12.2. The summed E-state index contributed by atoms with van der Waals surface area (Å²) in [5.74, 6) is 0.207. The van der Waals surface area contributed by atoms with Crippen molar-refractivity contribution in [3.05, 3.63) is 94.9 Å². The second kappa shape index (κ2) is 9.80. The number of aromatic nitrogens is 2. The lowest BCUT2D eigenvalue weighted by Crippen LogP contribution is -2.36. The van der Waals surface area contributed by atoms with Crippen LogP contribution in [0.4, 0.5) is 4.79 Å². The molecule has 2 amide bonds. The van der Waals surface area contributed by atoms with Gasteiger partial charge in [-0.3, -0.25) is 4.98 Å². The van der Waals surface area contributed by atoms with Crippen LogP contribution in [0, 0.1) is 0 Å². The third-order valence-corrected chi connectivity index (χ3v) is 6.61. The maximum Gasteiger partial charge on any atom is 0.315 e. The van der Waals surface area contributed by atoms with E-state index in [4.69, 9.17) is 0 Å². The first-order valence-electron chi connectivity index (χ1n) is 11.1. The number of urea groups is 1. The summed E-state index contributed by atoms with van der Waals surface area (Å²) in [6, 6.07) is 21.3. The van der Waals surface area contributed by atoms with Crippen LogP contribution in [0.5, 0.6) is 5.75 Å². The smallest absolute Gasteiger partial charge is 0.315 e. The van der Waals surface area contributed by atoms with Crippen molar-refractivity contribution in [3.63, 3.8) is 0 Å². The van der Waals surface area contributed by atoms with Gasteiger partial charge in [0, 0.05) is 52.4 Å². The number of hydrogen-bond donors (Lipinski definition) is 4. The number of phenolic OH excluding ortho intramolecular Hbond substituents is 1. The van der Waals surface area contributed by atoms with Gasteiger partial charge in [-0.05, 0) is 53.3 Å². The number of carbonyl (C=O) groups is 1. The number of amides is 2. The van der Waals surface area contributed by atoms with Gasteiger partial charge in [-0.1, -0.05) is 36.4 Å². The molecule has 0 saturated carbocycles. The van der Waals surface area contributed by atoms with Crippen molar-refractivity contribution >= 4 is 28.3 Å². The summed E-state index contributed by atoms with van der Waals surface area (Å²) in [5.41, 5.74) is 5.09. The average Bonchev–Trinajstić information content (AvgIpc) is 3.53. The molecule has 0 atom stereocenters. The van der Waals surface area contributed by atoms with E-state index in [1.807, 2.05) is 66.0 Å². The summed E-state index contributed by atoms with van der Waals surface area (Å²) in [6.45, 7) is 0.991. The number of nitrogens with zero attached hydrogens (tertiary/aromatic N) is 1. The Hall–Kier alpha value is -4.10. The van der Waals surface area contributed by atoms with E-state index in [2.05, 4.69) is 26.7 Å². The number of nitrogens with one attached hydrogen (secondary N) is 3. The standard InChI is InChI=1S/C27H24N4O2S/c32-26-22(7-2-8-23(26)25-15-20-17-28-11-10-24(20)31-25)19-5-1-4-18(14-19)16-30-27(33)29-12-9-21-6-3-13-34-21/h1-8,10-11,13-15,17,31-32H,9,12,16H2,(H2,29,30,33). The van der Waals surface area contributed by atoms with Crippen LogP contribution in [0.1, 0.15) is 10.4 Å². The number of H-pyrrole nitrogens is 1. The number of aromatic amines is 1. The molecule has 0 saturated heterocycles. The molecule has 0 aliphatic heterocycles. The number of rotatable bonds is 7. The largest absolute Gasteiger partial charge is 0.507 e. The quantitative estimate of drug-likeness (QED) is 0.247. The molecule has 0 bridgehead atoms. The van der Waals surface area contributed by atoms with Crippen LogP contribution in [0.3, 0.4) is 0 Å². The van der Waals surface area contributed by atoms with Crippen LogP contribution < -0.4 is 10.6 Å². The number of fused-ring (bicyclic) bond motifs is 1. The number of carbonyl (C=O) groups excluding carboxylic acids is 1. The number of pyridine rings is 1. The van der Waals surface area contributed by atoms with Crippen LogP contribution in [0.25, 0.3) is 33.3 Å². The molecule has 0 aliphatic rings. The minimum Gasteiger partial charge on any atom is -0.507 e. The lowest BCUT2D eigenvalue weighted by atomic mass is 9.98. The van der Waals surface area contributed by atoms with E-state index in [-0.39, 0.29) is 11.8 Å². The third-order valence-electron chi connectivity index (χ3n) is 5.68. The monoisotopic (exact) mass is 468 g/mol. The Morgan fingerprint density at radius 1 is 1.00 bits per heavy atom. The van der Waals surface area contributed by atoms with Gasteiger partial charge in [-0.25, -0.2) is 4.79 Å². The first-order chi connectivity index (χ1) is 16.7. The van der Waals surface area contributed by atoms with Crippen LogP contribution in [-0.2, 0) is 13.0 Å². The van der Waals surface area contributed by atoms with Crippen molar-refractivity contribution in [2.45, 2.75) is 13.0 Å². The van der Waals surface area contributed by atoms with Gasteiger partial charge in [-0.15, -0.1) is 11.3 Å². The summed E-state index contributed by atoms with van der Waals surface area (Å²) in [5, 5.41) is 19.9. The summed E-state index contributed by atoms with van der Waals surface area (Å²) >= 11 is 1.69. The maximum atomic E-state index is 12.2. The molecular formula is C27H24N4O2S. The molecular weight excluding hydrogens is 444 g/mol. The van der Waals surface area contributed by atoms with Gasteiger partial charge in [0.05, 0.1) is 5.69 Å². The van der Waals surface area contributed by atoms with Gasteiger partial charge < -0.3 is 20.7 Å². The number of phenols is 1. The van der Waals surface area contributed by atoms with E-state index in [1.165, 1.54) is 4.88 Å². The molecule has 34 heavy (non-hydrogen) atoms. The molecule has 5 aromatic rings. The van der Waals surface area contributed by atoms with E-state index >= 15 is 0 Å². The summed E-state index contributed by atoms with van der Waals surface area (Å²) in [7, 11) is 0. The SMILES string of the molecule is O=C(NCCc1cccs1)NCc1cccc(-c2cccc(-c3cc4cnccc4[nH]3)c2O)c1. The summed E-state index contributed by atoms with van der Waals surface area (Å²) in [4.78, 5) is 20.9. The highest BCUT2D eigenvalue weighted by atomic mass is 32.1. The average molecular weight is 469 g/mol. The molecule has 170 valence electrons. The second-order valence-corrected chi connectivity index (χ2v) is 9.02. The van der Waals surface area contributed by atoms with Gasteiger partial charge >= 0.3 is 6.03 Å². The molecule has 5 rings (SSSR count). The molecule has 7 heteroatoms. The Morgan fingerprint density at radius 3 is 2.74 bits per heavy atom. The van der Waals surface area contributed by atoms with Crippen molar-refractivity contribution in [1.29, 1.82) is 0 Å². The van der Waals surface area contributed by atoms with Crippen molar-refractivity contribution in [2.75, 3.05) is 6.54 Å². The third kappa shape index (κ3) is 4.79. The van der Waals surface area contributed by atoms with E-state index in [0.717, 1.165) is 45.3 Å². The Balaban J connectivity index is 1.28. The van der Waals surface area contributed by atoms with E-state index < -0.39 is 0 Å². The fourth-order valence-corrected chi connectivity index (χ4v) is 4.67. The van der Waals surface area contributed by atoms with E-state index in [0.29, 0.717) is 13.1 Å². The zero-order chi connectivity index (χ0) is 23.3. The normalized spacial score (nSPS) is 10.9. The highest BCUT2D eigenvalue weighted by molar-refractivity contribution is 7.09. The van der Waals surface area contributed by atoms with Crippen molar-refractivity contribution in [2.24, 2.45) is 0 Å². The lowest BCUT2D eigenvalue weighted by molar-refractivity contribution is 0.240. The zero-order valence-electron chi connectivity index (χ0n) is 18.4. The molecule has 0 radical (unpaired) electrons. The molecule has 4 N–H and O–H groups in total. The molecule has 3 aromatic heterocycles.